The first-order chi connectivity index (χ1) is 10.7. The van der Waals surface area contributed by atoms with Crippen molar-refractivity contribution in [1.82, 2.24) is 15.5 Å². The van der Waals surface area contributed by atoms with Gasteiger partial charge in [0.1, 0.15) is 0 Å². The van der Waals surface area contributed by atoms with E-state index in [2.05, 4.69) is 10.6 Å². The molecule has 2 aliphatic rings. The molecule has 2 aliphatic heterocycles. The Morgan fingerprint density at radius 1 is 1.17 bits per heavy atom. The highest BCUT2D eigenvalue weighted by atomic mass is 35.5. The topological polar surface area (TPSA) is 61.4 Å². The first-order valence-electron chi connectivity index (χ1n) is 8.97. The van der Waals surface area contributed by atoms with E-state index in [4.69, 9.17) is 0 Å². The quantitative estimate of drug-likeness (QED) is 0.775. The van der Waals surface area contributed by atoms with Crippen LogP contribution < -0.4 is 10.6 Å². The molecule has 2 amide bonds. The molecule has 0 aromatic heterocycles. The molecule has 1 atom stereocenters. The highest BCUT2D eigenvalue weighted by Crippen LogP contribution is 2.19. The minimum Gasteiger partial charge on any atom is -0.352 e. The van der Waals surface area contributed by atoms with E-state index in [1.807, 2.05) is 11.8 Å². The number of hydrogen-bond donors (Lipinski definition) is 2. The Hall–Kier alpha value is -0.810. The van der Waals surface area contributed by atoms with E-state index >= 15 is 0 Å². The van der Waals surface area contributed by atoms with Gasteiger partial charge in [0, 0.05) is 32.0 Å². The Balaban J connectivity index is 0.00000264. The Bertz CT molecular complexity index is 373. The van der Waals surface area contributed by atoms with Crippen LogP contribution in [0.1, 0.15) is 58.3 Å². The van der Waals surface area contributed by atoms with Crippen LogP contribution in [0, 0.1) is 5.92 Å². The molecule has 6 heteroatoms. The maximum Gasteiger partial charge on any atom is 0.222 e. The zero-order chi connectivity index (χ0) is 15.8. The van der Waals surface area contributed by atoms with Crippen LogP contribution in [0.3, 0.4) is 0 Å². The van der Waals surface area contributed by atoms with Crippen LogP contribution in [0.5, 0.6) is 0 Å². The zero-order valence-corrected chi connectivity index (χ0v) is 15.1. The lowest BCUT2D eigenvalue weighted by atomic mass is 9.93. The predicted octanol–water partition coefficient (Wildman–Crippen LogP) is 2.10. The zero-order valence-electron chi connectivity index (χ0n) is 14.3. The molecular weight excluding hydrogens is 314 g/mol. The predicted molar refractivity (Wildman–Crippen MR) is 94.7 cm³/mol. The minimum atomic E-state index is 0. The fourth-order valence-electron chi connectivity index (χ4n) is 3.50. The first kappa shape index (κ1) is 20.2. The highest BCUT2D eigenvalue weighted by Gasteiger charge is 2.25. The Labute approximate surface area is 146 Å². The van der Waals surface area contributed by atoms with Crippen LogP contribution in [0.25, 0.3) is 0 Å². The summed E-state index contributed by atoms with van der Waals surface area (Å²) in [6, 6.07) is 0.149. The van der Waals surface area contributed by atoms with Gasteiger partial charge in [0.05, 0.1) is 0 Å². The Morgan fingerprint density at radius 3 is 2.61 bits per heavy atom. The van der Waals surface area contributed by atoms with E-state index in [1.54, 1.807) is 0 Å². The summed E-state index contributed by atoms with van der Waals surface area (Å²) < 4.78 is 0. The molecule has 0 aliphatic carbocycles. The van der Waals surface area contributed by atoms with Crippen molar-refractivity contribution in [3.63, 3.8) is 0 Å². The maximum absolute atomic E-state index is 12.4. The third-order valence-electron chi connectivity index (χ3n) is 4.84. The molecule has 2 N–H and O–H groups in total. The highest BCUT2D eigenvalue weighted by molar-refractivity contribution is 5.85. The number of rotatable bonds is 6. The molecule has 23 heavy (non-hydrogen) atoms. The molecule has 2 rings (SSSR count). The van der Waals surface area contributed by atoms with Crippen LogP contribution >= 0.6 is 12.4 Å². The number of carbonyl (C=O) groups excluding carboxylic acids is 2. The van der Waals surface area contributed by atoms with E-state index in [0.29, 0.717) is 25.3 Å². The lowest BCUT2D eigenvalue weighted by molar-refractivity contribution is -0.134. The second kappa shape index (κ2) is 10.9. The van der Waals surface area contributed by atoms with Crippen LogP contribution in [0.2, 0.25) is 0 Å². The largest absolute Gasteiger partial charge is 0.352 e. The van der Waals surface area contributed by atoms with Crippen LogP contribution in [-0.2, 0) is 9.59 Å². The van der Waals surface area contributed by atoms with Gasteiger partial charge in [-0.15, -0.1) is 12.4 Å². The molecular formula is C17H32ClN3O2. The van der Waals surface area contributed by atoms with Crippen LogP contribution in [0.4, 0.5) is 0 Å². The lowest BCUT2D eigenvalue weighted by Gasteiger charge is -2.33. The van der Waals surface area contributed by atoms with Gasteiger partial charge in [-0.1, -0.05) is 6.92 Å². The number of nitrogens with zero attached hydrogens (tertiary/aromatic N) is 1. The Morgan fingerprint density at radius 2 is 1.91 bits per heavy atom. The van der Waals surface area contributed by atoms with Crippen molar-refractivity contribution in [3.8, 4) is 0 Å². The summed E-state index contributed by atoms with van der Waals surface area (Å²) in [5, 5.41) is 6.43. The van der Waals surface area contributed by atoms with E-state index in [1.165, 1.54) is 12.8 Å². The van der Waals surface area contributed by atoms with Gasteiger partial charge in [-0.3, -0.25) is 9.59 Å². The van der Waals surface area contributed by atoms with E-state index < -0.39 is 0 Å². The molecule has 2 fully saturated rings. The lowest BCUT2D eigenvalue weighted by Crippen LogP contribution is -2.49. The van der Waals surface area contributed by atoms with Crippen molar-refractivity contribution in [1.29, 1.82) is 0 Å². The normalized spacial score (nSPS) is 22.3. The van der Waals surface area contributed by atoms with Crippen molar-refractivity contribution in [2.24, 2.45) is 5.92 Å². The number of carbonyl (C=O) groups is 2. The van der Waals surface area contributed by atoms with Gasteiger partial charge in [-0.05, 0) is 57.5 Å². The summed E-state index contributed by atoms with van der Waals surface area (Å²) in [5.74, 6) is 1.10. The second-order valence-corrected chi connectivity index (χ2v) is 6.73. The van der Waals surface area contributed by atoms with Crippen molar-refractivity contribution >= 4 is 24.2 Å². The summed E-state index contributed by atoms with van der Waals surface area (Å²) in [6.07, 6.45) is 7.53. The number of amides is 2. The molecule has 1 unspecified atom stereocenters. The Kier molecular flexibility index (Phi) is 9.56. The minimum absolute atomic E-state index is 0. The summed E-state index contributed by atoms with van der Waals surface area (Å²) in [4.78, 5) is 26.1. The fourth-order valence-corrected chi connectivity index (χ4v) is 3.50. The molecule has 2 saturated heterocycles. The van der Waals surface area contributed by atoms with Gasteiger partial charge in [0.2, 0.25) is 11.8 Å². The van der Waals surface area contributed by atoms with Gasteiger partial charge < -0.3 is 15.5 Å². The third kappa shape index (κ3) is 7.08. The van der Waals surface area contributed by atoms with Gasteiger partial charge in [0.25, 0.3) is 0 Å². The molecule has 0 saturated carbocycles. The molecule has 0 radical (unpaired) electrons. The monoisotopic (exact) mass is 345 g/mol. The summed E-state index contributed by atoms with van der Waals surface area (Å²) in [7, 11) is 0. The molecule has 0 aromatic rings. The maximum atomic E-state index is 12.4. The number of piperidine rings is 2. The van der Waals surface area contributed by atoms with Gasteiger partial charge in [0.15, 0.2) is 0 Å². The second-order valence-electron chi connectivity index (χ2n) is 6.73. The molecule has 0 spiro atoms. The van der Waals surface area contributed by atoms with Gasteiger partial charge in [-0.2, -0.15) is 0 Å². The molecule has 0 aromatic carbocycles. The van der Waals surface area contributed by atoms with Gasteiger partial charge in [-0.25, -0.2) is 0 Å². The van der Waals surface area contributed by atoms with Crippen molar-refractivity contribution in [3.05, 3.63) is 0 Å². The van der Waals surface area contributed by atoms with Crippen molar-refractivity contribution < 1.29 is 9.59 Å². The van der Waals surface area contributed by atoms with Crippen molar-refractivity contribution in [2.45, 2.75) is 64.3 Å². The van der Waals surface area contributed by atoms with E-state index in [-0.39, 0.29) is 30.3 Å². The molecule has 134 valence electrons. The molecule has 0 bridgehead atoms. The molecule has 2 heterocycles. The fraction of sp³-hybridized carbons (Fsp3) is 0.882. The first-order valence-corrected chi connectivity index (χ1v) is 8.97. The van der Waals surface area contributed by atoms with Crippen LogP contribution in [-0.4, -0.2) is 48.9 Å². The number of hydrogen-bond acceptors (Lipinski definition) is 3. The van der Waals surface area contributed by atoms with E-state index in [0.717, 1.165) is 45.3 Å². The SMILES string of the molecule is CCCC(=O)NC1CCCN(C(=O)CCC2CCNCC2)C1.Cl. The summed E-state index contributed by atoms with van der Waals surface area (Å²) in [5.41, 5.74) is 0. The van der Waals surface area contributed by atoms with Gasteiger partial charge >= 0.3 is 0 Å². The molecule has 5 nitrogen and oxygen atoms in total. The van der Waals surface area contributed by atoms with Crippen molar-refractivity contribution in [2.75, 3.05) is 26.2 Å². The van der Waals surface area contributed by atoms with Crippen LogP contribution in [0.15, 0.2) is 0 Å². The average molecular weight is 346 g/mol. The number of likely N-dealkylation sites (tertiary alicyclic amines) is 1. The summed E-state index contributed by atoms with van der Waals surface area (Å²) in [6.45, 7) is 5.74. The smallest absolute Gasteiger partial charge is 0.222 e. The third-order valence-corrected chi connectivity index (χ3v) is 4.84. The number of nitrogens with one attached hydrogen (secondary N) is 2. The standard InChI is InChI=1S/C17H31N3O2.ClH/c1-2-4-16(21)19-15-5-3-12-20(13-15)17(22)7-6-14-8-10-18-11-9-14;/h14-15,18H,2-13H2,1H3,(H,19,21);1H. The van der Waals surface area contributed by atoms with E-state index in [9.17, 15) is 9.59 Å². The number of halogens is 1. The average Bonchev–Trinajstić information content (AvgIpc) is 2.54. The summed E-state index contributed by atoms with van der Waals surface area (Å²) >= 11 is 0.